The van der Waals surface area contributed by atoms with Crippen molar-refractivity contribution >= 4 is 11.8 Å². The zero-order valence-corrected chi connectivity index (χ0v) is 10.3. The van der Waals surface area contributed by atoms with Gasteiger partial charge in [-0.1, -0.05) is 50.1 Å². The maximum atomic E-state index is 8.41. The van der Waals surface area contributed by atoms with Gasteiger partial charge >= 0.3 is 0 Å². The first-order valence-corrected chi connectivity index (χ1v) is 5.43. The minimum Gasteiger partial charge on any atom is -0.185 e. The Morgan fingerprint density at radius 2 is 1.50 bits per heavy atom. The fourth-order valence-electron chi connectivity index (χ4n) is 0.743. The van der Waals surface area contributed by atoms with Gasteiger partial charge in [-0.2, -0.15) is 5.26 Å². The van der Waals surface area contributed by atoms with Crippen molar-refractivity contribution in [3.63, 3.8) is 0 Å². The molecule has 0 N–H and O–H groups in total. The number of thioether (sulfide) groups is 1. The van der Waals surface area contributed by atoms with Crippen LogP contribution in [0.4, 0.5) is 0 Å². The van der Waals surface area contributed by atoms with E-state index in [0.717, 1.165) is 28.5 Å². The molecule has 0 fully saturated rings. The number of nitriles is 1. The predicted molar refractivity (Wildman–Crippen MR) is 73.7 cm³/mol. The first-order chi connectivity index (χ1) is 7.47. The highest BCUT2D eigenvalue weighted by molar-refractivity contribution is 8.07. The molecule has 0 saturated carbocycles. The Labute approximate surface area is 102 Å². The molecule has 0 heterocycles. The summed E-state index contributed by atoms with van der Waals surface area (Å²) in [4.78, 5) is 0.681. The minimum absolute atomic E-state index is 0.681. The van der Waals surface area contributed by atoms with Gasteiger partial charge in [-0.15, -0.1) is 0 Å². The SMILES string of the molecule is C=C(C)/C=C\C(=C)C(=C)/C=C\C(=C)SC#N. The van der Waals surface area contributed by atoms with Gasteiger partial charge in [0, 0.05) is 4.91 Å². The molecule has 0 aromatic heterocycles. The average molecular weight is 229 g/mol. The van der Waals surface area contributed by atoms with E-state index in [0.29, 0.717) is 4.91 Å². The third-order valence-electron chi connectivity index (χ3n) is 1.63. The molecule has 2 heteroatoms. The molecule has 0 aliphatic rings. The number of rotatable bonds is 6. The number of hydrogen-bond donors (Lipinski definition) is 0. The van der Waals surface area contributed by atoms with Gasteiger partial charge in [-0.25, -0.2) is 0 Å². The lowest BCUT2D eigenvalue weighted by atomic mass is 10.1. The summed E-state index contributed by atoms with van der Waals surface area (Å²) in [6, 6.07) is 0. The van der Waals surface area contributed by atoms with E-state index in [4.69, 9.17) is 5.26 Å². The Balaban J connectivity index is 4.38. The molecule has 0 unspecified atom stereocenters. The van der Waals surface area contributed by atoms with Crippen LogP contribution in [0, 0.1) is 10.7 Å². The molecule has 16 heavy (non-hydrogen) atoms. The normalized spacial score (nSPS) is 10.2. The van der Waals surface area contributed by atoms with Crippen LogP contribution in [0.25, 0.3) is 0 Å². The molecular formula is C14H15NS. The Kier molecular flexibility index (Phi) is 6.74. The zero-order chi connectivity index (χ0) is 12.6. The van der Waals surface area contributed by atoms with Crippen LogP contribution in [0.3, 0.4) is 0 Å². The van der Waals surface area contributed by atoms with E-state index < -0.39 is 0 Å². The molecule has 0 aromatic carbocycles. The fraction of sp³-hybridized carbons (Fsp3) is 0.0714. The second-order valence-electron chi connectivity index (χ2n) is 3.22. The lowest BCUT2D eigenvalue weighted by Gasteiger charge is -1.98. The van der Waals surface area contributed by atoms with Crippen LogP contribution in [-0.4, -0.2) is 0 Å². The van der Waals surface area contributed by atoms with Gasteiger partial charge in [0.1, 0.15) is 5.40 Å². The largest absolute Gasteiger partial charge is 0.185 e. The van der Waals surface area contributed by atoms with Crippen molar-refractivity contribution in [3.05, 3.63) is 72.2 Å². The van der Waals surface area contributed by atoms with E-state index in [1.54, 1.807) is 12.2 Å². The Morgan fingerprint density at radius 1 is 1.00 bits per heavy atom. The quantitative estimate of drug-likeness (QED) is 0.494. The molecule has 0 aliphatic carbocycles. The van der Waals surface area contributed by atoms with Crippen molar-refractivity contribution in [2.24, 2.45) is 0 Å². The minimum atomic E-state index is 0.681. The molecule has 0 amide bonds. The van der Waals surface area contributed by atoms with Gasteiger partial charge in [0.2, 0.25) is 0 Å². The van der Waals surface area contributed by atoms with Crippen molar-refractivity contribution in [3.8, 4) is 5.40 Å². The van der Waals surface area contributed by atoms with Crippen LogP contribution in [-0.2, 0) is 0 Å². The number of thiocyanates is 1. The topological polar surface area (TPSA) is 23.8 Å². The lowest BCUT2D eigenvalue weighted by molar-refractivity contribution is 1.52. The van der Waals surface area contributed by atoms with Gasteiger partial charge in [0.05, 0.1) is 0 Å². The summed E-state index contributed by atoms with van der Waals surface area (Å²) in [6.07, 6.45) is 7.27. The van der Waals surface area contributed by atoms with Crippen LogP contribution < -0.4 is 0 Å². The van der Waals surface area contributed by atoms with Gasteiger partial charge in [0.25, 0.3) is 0 Å². The van der Waals surface area contributed by atoms with Gasteiger partial charge < -0.3 is 0 Å². The zero-order valence-electron chi connectivity index (χ0n) is 9.49. The lowest BCUT2D eigenvalue weighted by Crippen LogP contribution is -1.78. The van der Waals surface area contributed by atoms with E-state index in [9.17, 15) is 0 Å². The van der Waals surface area contributed by atoms with E-state index in [1.807, 2.05) is 24.5 Å². The molecule has 0 aliphatic heterocycles. The summed E-state index contributed by atoms with van der Waals surface area (Å²) in [5.74, 6) is 0. The van der Waals surface area contributed by atoms with E-state index in [2.05, 4.69) is 26.3 Å². The summed E-state index contributed by atoms with van der Waals surface area (Å²) < 4.78 is 0. The standard InChI is InChI=1S/C14H15NS/c1-11(2)6-7-12(3)13(4)8-9-14(5)16-10-15/h6-9H,1,3-5H2,2H3/b7-6-,9-8-. The fourth-order valence-corrected chi connectivity index (χ4v) is 0.996. The third-order valence-corrected chi connectivity index (χ3v) is 2.12. The second-order valence-corrected chi connectivity index (χ2v) is 4.13. The Morgan fingerprint density at radius 3 is 1.94 bits per heavy atom. The van der Waals surface area contributed by atoms with Crippen LogP contribution in [0.1, 0.15) is 6.92 Å². The molecule has 1 nitrogen and oxygen atoms in total. The number of hydrogen-bond acceptors (Lipinski definition) is 2. The summed E-state index contributed by atoms with van der Waals surface area (Å²) >= 11 is 1.02. The van der Waals surface area contributed by atoms with Gasteiger partial charge in [-0.05, 0) is 35.9 Å². The molecular weight excluding hydrogens is 214 g/mol. The molecule has 0 bridgehead atoms. The van der Waals surface area contributed by atoms with Gasteiger partial charge in [0.15, 0.2) is 0 Å². The van der Waals surface area contributed by atoms with E-state index in [-0.39, 0.29) is 0 Å². The van der Waals surface area contributed by atoms with Crippen LogP contribution >= 0.6 is 11.8 Å². The monoisotopic (exact) mass is 229 g/mol. The number of allylic oxidation sites excluding steroid dienone is 7. The second kappa shape index (κ2) is 7.56. The molecule has 0 aromatic rings. The first kappa shape index (κ1) is 14.3. The van der Waals surface area contributed by atoms with E-state index in [1.165, 1.54) is 0 Å². The predicted octanol–water partition coefficient (Wildman–Crippen LogP) is 4.52. The molecule has 0 spiro atoms. The highest BCUT2D eigenvalue weighted by atomic mass is 32.2. The van der Waals surface area contributed by atoms with Crippen molar-refractivity contribution in [2.75, 3.05) is 0 Å². The van der Waals surface area contributed by atoms with Crippen LogP contribution in [0.5, 0.6) is 0 Å². The van der Waals surface area contributed by atoms with E-state index >= 15 is 0 Å². The maximum absolute atomic E-state index is 8.41. The molecule has 0 atom stereocenters. The van der Waals surface area contributed by atoms with Gasteiger partial charge in [-0.3, -0.25) is 0 Å². The molecule has 0 rings (SSSR count). The van der Waals surface area contributed by atoms with Crippen molar-refractivity contribution in [1.82, 2.24) is 0 Å². The summed E-state index contributed by atoms with van der Waals surface area (Å²) in [7, 11) is 0. The first-order valence-electron chi connectivity index (χ1n) is 4.62. The summed E-state index contributed by atoms with van der Waals surface area (Å²) in [5.41, 5.74) is 2.56. The van der Waals surface area contributed by atoms with Crippen molar-refractivity contribution in [1.29, 1.82) is 5.26 Å². The average Bonchev–Trinajstić information content (AvgIpc) is 2.22. The summed E-state index contributed by atoms with van der Waals surface area (Å²) in [5, 5.41) is 10.4. The van der Waals surface area contributed by atoms with Crippen molar-refractivity contribution < 1.29 is 0 Å². The smallest absolute Gasteiger partial charge is 0.138 e. The van der Waals surface area contributed by atoms with Crippen molar-refractivity contribution in [2.45, 2.75) is 6.92 Å². The molecule has 0 saturated heterocycles. The number of nitrogens with zero attached hydrogens (tertiary/aromatic N) is 1. The van der Waals surface area contributed by atoms with Crippen LogP contribution in [0.2, 0.25) is 0 Å². The maximum Gasteiger partial charge on any atom is 0.138 e. The Hall–Kier alpha value is -1.72. The molecule has 0 radical (unpaired) electrons. The highest BCUT2D eigenvalue weighted by Gasteiger charge is 1.92. The third kappa shape index (κ3) is 6.69. The highest BCUT2D eigenvalue weighted by Crippen LogP contribution is 2.15. The molecule has 82 valence electrons. The Bertz CT molecular complexity index is 417. The van der Waals surface area contributed by atoms with Crippen LogP contribution in [0.15, 0.2) is 72.2 Å². The summed E-state index contributed by atoms with van der Waals surface area (Å²) in [6.45, 7) is 17.1.